The molecule has 0 radical (unpaired) electrons. The minimum Gasteiger partial charge on any atom is -0.340 e. The van der Waals surface area contributed by atoms with E-state index in [2.05, 4.69) is 5.32 Å². The van der Waals surface area contributed by atoms with Gasteiger partial charge < -0.3 is 5.32 Å². The Labute approximate surface area is 133 Å². The molecule has 0 aliphatic rings. The molecule has 6 heteroatoms. The standard InChI is InChI=1S/C14H16Cl3NO2/c1-8-11(16)6-10(7-12(8)17)13(20)18-14(3,4-5-15)9(2)19/h6-7H,4-5H2,1-3H3,(H,18,20). The normalized spacial score (nSPS) is 13.7. The Bertz CT molecular complexity index is 522. The lowest BCUT2D eigenvalue weighted by Gasteiger charge is -2.27. The number of Topliss-reactive ketones (excluding diaryl/α,β-unsaturated/α-hetero) is 1. The van der Waals surface area contributed by atoms with E-state index in [9.17, 15) is 9.59 Å². The highest BCUT2D eigenvalue weighted by Crippen LogP contribution is 2.26. The fraction of sp³-hybridized carbons (Fsp3) is 0.429. The predicted octanol–water partition coefficient (Wildman–Crippen LogP) is 4.01. The summed E-state index contributed by atoms with van der Waals surface area (Å²) in [6.07, 6.45) is 0.350. The summed E-state index contributed by atoms with van der Waals surface area (Å²) in [7, 11) is 0. The number of nitrogens with one attached hydrogen (secondary N) is 1. The highest BCUT2D eigenvalue weighted by Gasteiger charge is 2.31. The molecule has 0 saturated carbocycles. The molecule has 0 aliphatic heterocycles. The average molecular weight is 337 g/mol. The van der Waals surface area contributed by atoms with E-state index in [1.54, 1.807) is 13.8 Å². The van der Waals surface area contributed by atoms with E-state index in [-0.39, 0.29) is 11.7 Å². The second kappa shape index (κ2) is 6.79. The smallest absolute Gasteiger partial charge is 0.252 e. The van der Waals surface area contributed by atoms with Gasteiger partial charge in [-0.2, -0.15) is 0 Å². The van der Waals surface area contributed by atoms with Crippen LogP contribution >= 0.6 is 34.8 Å². The topological polar surface area (TPSA) is 46.2 Å². The maximum atomic E-state index is 12.2. The molecule has 0 bridgehead atoms. The summed E-state index contributed by atoms with van der Waals surface area (Å²) < 4.78 is 0. The monoisotopic (exact) mass is 335 g/mol. The fourth-order valence-corrected chi connectivity index (χ4v) is 2.48. The van der Waals surface area contributed by atoms with Crippen molar-refractivity contribution in [2.75, 3.05) is 5.88 Å². The number of hydrogen-bond acceptors (Lipinski definition) is 2. The van der Waals surface area contributed by atoms with Crippen LogP contribution in [-0.2, 0) is 4.79 Å². The van der Waals surface area contributed by atoms with Gasteiger partial charge in [0.2, 0.25) is 0 Å². The maximum Gasteiger partial charge on any atom is 0.252 e. The molecule has 1 rings (SSSR count). The van der Waals surface area contributed by atoms with Gasteiger partial charge in [-0.3, -0.25) is 9.59 Å². The highest BCUT2D eigenvalue weighted by atomic mass is 35.5. The second-order valence-electron chi connectivity index (χ2n) is 4.85. The van der Waals surface area contributed by atoms with Gasteiger partial charge in [-0.05, 0) is 44.9 Å². The molecule has 0 spiro atoms. The van der Waals surface area contributed by atoms with E-state index in [1.807, 2.05) is 0 Å². The molecule has 1 N–H and O–H groups in total. The number of benzene rings is 1. The first kappa shape index (κ1) is 17.3. The van der Waals surface area contributed by atoms with E-state index in [0.29, 0.717) is 27.6 Å². The van der Waals surface area contributed by atoms with Gasteiger partial charge >= 0.3 is 0 Å². The molecular weight excluding hydrogens is 321 g/mol. The van der Waals surface area contributed by atoms with Crippen molar-refractivity contribution >= 4 is 46.5 Å². The van der Waals surface area contributed by atoms with Crippen molar-refractivity contribution in [3.8, 4) is 0 Å². The first-order chi connectivity index (χ1) is 9.21. The van der Waals surface area contributed by atoms with Gasteiger partial charge in [0.15, 0.2) is 5.78 Å². The van der Waals surface area contributed by atoms with Gasteiger partial charge in [-0.25, -0.2) is 0 Å². The van der Waals surface area contributed by atoms with Crippen molar-refractivity contribution in [3.63, 3.8) is 0 Å². The van der Waals surface area contributed by atoms with Crippen LogP contribution in [0.25, 0.3) is 0 Å². The van der Waals surface area contributed by atoms with Crippen molar-refractivity contribution in [1.29, 1.82) is 0 Å². The predicted molar refractivity (Wildman–Crippen MR) is 83.1 cm³/mol. The molecule has 3 nitrogen and oxygen atoms in total. The number of carbonyl (C=O) groups is 2. The van der Waals surface area contributed by atoms with Crippen LogP contribution < -0.4 is 5.32 Å². The first-order valence-corrected chi connectivity index (χ1v) is 7.35. The molecule has 0 aliphatic carbocycles. The Kier molecular flexibility index (Phi) is 5.87. The molecule has 110 valence electrons. The van der Waals surface area contributed by atoms with Gasteiger partial charge in [0.1, 0.15) is 0 Å². The summed E-state index contributed by atoms with van der Waals surface area (Å²) in [5.74, 6) is -0.293. The van der Waals surface area contributed by atoms with E-state index < -0.39 is 11.4 Å². The molecule has 1 aromatic carbocycles. The van der Waals surface area contributed by atoms with E-state index in [4.69, 9.17) is 34.8 Å². The number of ketones is 1. The number of carbonyl (C=O) groups excluding carboxylic acids is 2. The molecule has 1 aromatic rings. The van der Waals surface area contributed by atoms with E-state index >= 15 is 0 Å². The molecule has 20 heavy (non-hydrogen) atoms. The third kappa shape index (κ3) is 3.87. The number of rotatable bonds is 5. The number of amides is 1. The van der Waals surface area contributed by atoms with Crippen molar-refractivity contribution in [2.24, 2.45) is 0 Å². The summed E-state index contributed by atoms with van der Waals surface area (Å²) in [5, 5.41) is 3.51. The van der Waals surface area contributed by atoms with Crippen molar-refractivity contribution in [3.05, 3.63) is 33.3 Å². The summed E-state index contributed by atoms with van der Waals surface area (Å²) >= 11 is 17.7. The van der Waals surface area contributed by atoms with E-state index in [1.165, 1.54) is 19.1 Å². The quantitative estimate of drug-likeness (QED) is 0.826. The lowest BCUT2D eigenvalue weighted by Crippen LogP contribution is -2.51. The lowest BCUT2D eigenvalue weighted by atomic mass is 9.93. The minimum absolute atomic E-state index is 0.157. The third-order valence-corrected chi connectivity index (χ3v) is 4.28. The molecule has 1 unspecified atom stereocenters. The van der Waals surface area contributed by atoms with Crippen LogP contribution in [0.4, 0.5) is 0 Å². The third-order valence-electron chi connectivity index (χ3n) is 3.30. The number of alkyl halides is 1. The Morgan fingerprint density at radius 1 is 1.25 bits per heavy atom. The van der Waals surface area contributed by atoms with Crippen LogP contribution in [0.5, 0.6) is 0 Å². The van der Waals surface area contributed by atoms with Gasteiger partial charge in [0, 0.05) is 21.5 Å². The van der Waals surface area contributed by atoms with E-state index in [0.717, 1.165) is 0 Å². The second-order valence-corrected chi connectivity index (χ2v) is 6.04. The van der Waals surface area contributed by atoms with Gasteiger partial charge in [-0.1, -0.05) is 23.2 Å². The molecular formula is C14H16Cl3NO2. The zero-order chi connectivity index (χ0) is 15.5. The largest absolute Gasteiger partial charge is 0.340 e. The van der Waals surface area contributed by atoms with Gasteiger partial charge in [0.05, 0.1) is 5.54 Å². The molecule has 0 saturated heterocycles. The zero-order valence-electron chi connectivity index (χ0n) is 11.5. The van der Waals surface area contributed by atoms with Crippen molar-refractivity contribution in [2.45, 2.75) is 32.7 Å². The average Bonchev–Trinajstić information content (AvgIpc) is 2.35. The van der Waals surface area contributed by atoms with Crippen LogP contribution in [0.2, 0.25) is 10.0 Å². The minimum atomic E-state index is -0.997. The summed E-state index contributed by atoms with van der Waals surface area (Å²) in [6.45, 7) is 4.83. The summed E-state index contributed by atoms with van der Waals surface area (Å²) in [6, 6.07) is 3.05. The number of halogens is 3. The van der Waals surface area contributed by atoms with Crippen molar-refractivity contribution < 1.29 is 9.59 Å². The van der Waals surface area contributed by atoms with Crippen LogP contribution in [0.1, 0.15) is 36.2 Å². The van der Waals surface area contributed by atoms with Crippen LogP contribution in [-0.4, -0.2) is 23.1 Å². The van der Waals surface area contributed by atoms with Gasteiger partial charge in [0.25, 0.3) is 5.91 Å². The Hall–Kier alpha value is -0.770. The number of hydrogen-bond donors (Lipinski definition) is 1. The Morgan fingerprint density at radius 2 is 1.75 bits per heavy atom. The zero-order valence-corrected chi connectivity index (χ0v) is 13.8. The Balaban J connectivity index is 3.04. The van der Waals surface area contributed by atoms with Crippen molar-refractivity contribution in [1.82, 2.24) is 5.32 Å². The lowest BCUT2D eigenvalue weighted by molar-refractivity contribution is -0.122. The first-order valence-electron chi connectivity index (χ1n) is 6.06. The molecule has 0 heterocycles. The SMILES string of the molecule is CC(=O)C(C)(CCCl)NC(=O)c1cc(Cl)c(C)c(Cl)c1. The molecule has 1 amide bonds. The summed E-state index contributed by atoms with van der Waals surface area (Å²) in [4.78, 5) is 23.9. The van der Waals surface area contributed by atoms with Crippen LogP contribution in [0.3, 0.4) is 0 Å². The molecule has 0 fully saturated rings. The fourth-order valence-electron chi connectivity index (χ4n) is 1.61. The van der Waals surface area contributed by atoms with Gasteiger partial charge in [-0.15, -0.1) is 11.6 Å². The molecule has 0 aromatic heterocycles. The van der Waals surface area contributed by atoms with Crippen LogP contribution in [0, 0.1) is 6.92 Å². The molecule has 1 atom stereocenters. The Morgan fingerprint density at radius 3 is 2.15 bits per heavy atom. The summed E-state index contributed by atoms with van der Waals surface area (Å²) in [5.41, 5.74) is 0.0236. The highest BCUT2D eigenvalue weighted by molar-refractivity contribution is 6.36. The van der Waals surface area contributed by atoms with Crippen LogP contribution in [0.15, 0.2) is 12.1 Å². The maximum absolute atomic E-state index is 12.2.